The van der Waals surface area contributed by atoms with Gasteiger partial charge in [0.15, 0.2) is 0 Å². The molecule has 308 valence electrons. The molecule has 2 bridgehead atoms. The summed E-state index contributed by atoms with van der Waals surface area (Å²) in [4.78, 5) is 39.0. The second kappa shape index (κ2) is 17.5. The smallest absolute Gasteiger partial charge is 0.453 e. The van der Waals surface area contributed by atoms with Crippen LogP contribution in [0.4, 0.5) is 43.9 Å². The van der Waals surface area contributed by atoms with Gasteiger partial charge in [0.05, 0.1) is 30.3 Å². The number of benzene rings is 3. The van der Waals surface area contributed by atoms with Crippen LogP contribution in [-0.2, 0) is 16.1 Å². The molecular weight excluding hydrogens is 786 g/mol. The zero-order chi connectivity index (χ0) is 41.6. The Kier molecular flexibility index (Phi) is 13.1. The van der Waals surface area contributed by atoms with Crippen LogP contribution in [-0.4, -0.2) is 55.3 Å². The lowest BCUT2D eigenvalue weighted by molar-refractivity contribution is -0.284. The molecule has 1 saturated carbocycles. The molecule has 3 aromatic rings. The largest absolute Gasteiger partial charge is 0.494 e. The van der Waals surface area contributed by atoms with Gasteiger partial charge in [-0.1, -0.05) is 12.2 Å². The highest BCUT2D eigenvalue weighted by molar-refractivity contribution is 5.92. The fraction of sp³-hybridized carbons (Fsp3) is 0.410. The Morgan fingerprint density at radius 1 is 0.596 bits per heavy atom. The number of alkyl halides is 10. The summed E-state index contributed by atoms with van der Waals surface area (Å²) in [6.45, 7) is -1.28. The van der Waals surface area contributed by atoms with Crippen LogP contribution in [0, 0.1) is 17.8 Å². The lowest BCUT2D eigenvalue weighted by Crippen LogP contribution is -2.36. The predicted octanol–water partition coefficient (Wildman–Crippen LogP) is 10.1. The molecule has 5 rings (SSSR count). The molecule has 2 aliphatic carbocycles. The van der Waals surface area contributed by atoms with Gasteiger partial charge in [0.1, 0.15) is 29.6 Å². The molecule has 3 unspecified atom stereocenters. The zero-order valence-electron chi connectivity index (χ0n) is 29.6. The predicted molar refractivity (Wildman–Crippen MR) is 179 cm³/mol. The van der Waals surface area contributed by atoms with Crippen LogP contribution in [0.1, 0.15) is 64.8 Å². The summed E-state index contributed by atoms with van der Waals surface area (Å²) in [6, 6.07) is 14.1. The van der Waals surface area contributed by atoms with Gasteiger partial charge in [0.2, 0.25) is 0 Å². The standard InChI is InChI=1S/C39H34F10O8/c40-36(41,38(44,45)46)15-1-17-53-28-9-5-24(6-10-28)33(50)56-30-13-14-32(27(21-30)22-55-35(52)31-20-23-3-4-26(31)19-23)57-34(51)25-7-11-29(12-8-25)54-18-2-16-37(42,43)39(47,48)49/h3-14,21,23,26,31H,1-2,15-20,22H2. The van der Waals surface area contributed by atoms with E-state index in [1.54, 1.807) is 0 Å². The van der Waals surface area contributed by atoms with Crippen LogP contribution >= 0.6 is 0 Å². The average molecular weight is 821 g/mol. The second-order valence-corrected chi connectivity index (χ2v) is 13.4. The van der Waals surface area contributed by atoms with E-state index in [2.05, 4.69) is 6.08 Å². The molecule has 0 aliphatic heterocycles. The van der Waals surface area contributed by atoms with Gasteiger partial charge in [-0.2, -0.15) is 43.9 Å². The van der Waals surface area contributed by atoms with E-state index in [0.717, 1.165) is 6.42 Å². The Balaban J connectivity index is 1.20. The minimum atomic E-state index is -5.67. The number of allylic oxidation sites excluding steroid dienone is 2. The maximum Gasteiger partial charge on any atom is 0.453 e. The van der Waals surface area contributed by atoms with Crippen molar-refractivity contribution in [2.75, 3.05) is 13.2 Å². The third kappa shape index (κ3) is 11.2. The first kappa shape index (κ1) is 42.8. The third-order valence-corrected chi connectivity index (χ3v) is 9.21. The van der Waals surface area contributed by atoms with Crippen LogP contribution in [0.15, 0.2) is 78.9 Å². The topological polar surface area (TPSA) is 97.4 Å². The molecule has 8 nitrogen and oxygen atoms in total. The number of esters is 3. The quantitative estimate of drug-likeness (QED) is 0.0437. The Morgan fingerprint density at radius 2 is 1.09 bits per heavy atom. The first-order valence-corrected chi connectivity index (χ1v) is 17.5. The SMILES string of the molecule is O=C(Oc1ccc(OC(=O)c2ccc(OCCCC(F)(F)C(F)(F)F)cc2)c(COC(=O)C2CC3C=CC2C3)c1)c1ccc(OCCCC(F)(F)C(F)(F)F)cc1. The van der Waals surface area contributed by atoms with Gasteiger partial charge in [0, 0.05) is 18.4 Å². The maximum absolute atomic E-state index is 13.1. The van der Waals surface area contributed by atoms with E-state index in [0.29, 0.717) is 6.42 Å². The number of fused-ring (bicyclic) bond motifs is 2. The minimum absolute atomic E-state index is 0.00505. The van der Waals surface area contributed by atoms with Gasteiger partial charge < -0.3 is 23.7 Å². The normalized spacial score (nSPS) is 18.0. The summed E-state index contributed by atoms with van der Waals surface area (Å²) in [7, 11) is 0. The third-order valence-electron chi connectivity index (χ3n) is 9.21. The van der Waals surface area contributed by atoms with Gasteiger partial charge in [-0.3, -0.25) is 4.79 Å². The highest BCUT2D eigenvalue weighted by Crippen LogP contribution is 2.44. The molecule has 1 fully saturated rings. The van der Waals surface area contributed by atoms with Crippen molar-refractivity contribution in [3.8, 4) is 23.0 Å². The van der Waals surface area contributed by atoms with E-state index in [-0.39, 0.29) is 64.0 Å². The summed E-state index contributed by atoms with van der Waals surface area (Å²) >= 11 is 0. The molecule has 0 aromatic heterocycles. The van der Waals surface area contributed by atoms with Crippen molar-refractivity contribution in [1.82, 2.24) is 0 Å². The highest BCUT2D eigenvalue weighted by atomic mass is 19.4. The van der Waals surface area contributed by atoms with Gasteiger partial charge >= 0.3 is 42.1 Å². The number of hydrogen-bond acceptors (Lipinski definition) is 8. The number of hydrogen-bond donors (Lipinski definition) is 0. The molecule has 2 aliphatic rings. The molecular formula is C39H34F10O8. The molecule has 57 heavy (non-hydrogen) atoms. The summed E-state index contributed by atoms with van der Waals surface area (Å²) in [5.74, 6) is -11.9. The summed E-state index contributed by atoms with van der Waals surface area (Å²) in [5, 5.41) is 0. The second-order valence-electron chi connectivity index (χ2n) is 13.4. The molecule has 0 N–H and O–H groups in total. The summed E-state index contributed by atoms with van der Waals surface area (Å²) in [6.07, 6.45) is -9.98. The van der Waals surface area contributed by atoms with Crippen LogP contribution in [0.2, 0.25) is 0 Å². The molecule has 0 spiro atoms. The maximum atomic E-state index is 13.1. The van der Waals surface area contributed by atoms with Crippen LogP contribution in [0.25, 0.3) is 0 Å². The van der Waals surface area contributed by atoms with E-state index in [1.807, 2.05) is 6.08 Å². The fourth-order valence-corrected chi connectivity index (χ4v) is 6.09. The lowest BCUT2D eigenvalue weighted by Gasteiger charge is -2.19. The fourth-order valence-electron chi connectivity index (χ4n) is 6.09. The number of carbonyl (C=O) groups is 3. The molecule has 0 heterocycles. The Labute approximate surface area is 318 Å². The van der Waals surface area contributed by atoms with Crippen LogP contribution < -0.4 is 18.9 Å². The number of ether oxygens (including phenoxy) is 5. The van der Waals surface area contributed by atoms with Crippen molar-refractivity contribution in [2.24, 2.45) is 17.8 Å². The van der Waals surface area contributed by atoms with Crippen LogP contribution in [0.3, 0.4) is 0 Å². The summed E-state index contributed by atoms with van der Waals surface area (Å²) in [5.41, 5.74) is 0.131. The van der Waals surface area contributed by atoms with Gasteiger partial charge in [-0.15, -0.1) is 0 Å². The van der Waals surface area contributed by atoms with E-state index in [4.69, 9.17) is 23.7 Å². The molecule has 0 radical (unpaired) electrons. The Bertz CT molecular complexity index is 1910. The lowest BCUT2D eigenvalue weighted by atomic mass is 9.94. The molecule has 0 saturated heterocycles. The van der Waals surface area contributed by atoms with Crippen molar-refractivity contribution in [3.05, 3.63) is 95.6 Å². The van der Waals surface area contributed by atoms with Gasteiger partial charge in [-0.05, 0) is 104 Å². The Hall–Kier alpha value is -5.29. The first-order chi connectivity index (χ1) is 26.7. The van der Waals surface area contributed by atoms with Gasteiger partial charge in [-0.25, -0.2) is 9.59 Å². The Morgan fingerprint density at radius 3 is 1.54 bits per heavy atom. The molecule has 0 amide bonds. The number of halogens is 10. The van der Waals surface area contributed by atoms with E-state index >= 15 is 0 Å². The van der Waals surface area contributed by atoms with E-state index in [1.165, 1.54) is 66.7 Å². The number of rotatable bonds is 17. The highest BCUT2D eigenvalue weighted by Gasteiger charge is 2.57. The monoisotopic (exact) mass is 820 g/mol. The molecule has 3 atom stereocenters. The number of carbonyl (C=O) groups excluding carboxylic acids is 3. The first-order valence-electron chi connectivity index (χ1n) is 17.5. The van der Waals surface area contributed by atoms with Crippen molar-refractivity contribution in [3.63, 3.8) is 0 Å². The minimum Gasteiger partial charge on any atom is -0.494 e. The average Bonchev–Trinajstić information content (AvgIpc) is 3.79. The zero-order valence-corrected chi connectivity index (χ0v) is 29.6. The van der Waals surface area contributed by atoms with Crippen molar-refractivity contribution in [2.45, 2.75) is 69.3 Å². The molecule has 18 heteroatoms. The van der Waals surface area contributed by atoms with Crippen molar-refractivity contribution >= 4 is 17.9 Å². The van der Waals surface area contributed by atoms with Crippen molar-refractivity contribution < 1.29 is 82.0 Å². The van der Waals surface area contributed by atoms with E-state index in [9.17, 15) is 58.3 Å². The van der Waals surface area contributed by atoms with E-state index < -0.39 is 81.0 Å². The van der Waals surface area contributed by atoms with Crippen LogP contribution in [0.5, 0.6) is 23.0 Å². The van der Waals surface area contributed by atoms with Crippen molar-refractivity contribution in [1.29, 1.82) is 0 Å². The molecule has 3 aromatic carbocycles. The summed E-state index contributed by atoms with van der Waals surface area (Å²) < 4.78 is 154. The van der Waals surface area contributed by atoms with Gasteiger partial charge in [0.25, 0.3) is 0 Å².